The van der Waals surface area contributed by atoms with Crippen LogP contribution >= 0.6 is 11.6 Å². The first kappa shape index (κ1) is 14.3. The summed E-state index contributed by atoms with van der Waals surface area (Å²) >= 11 is 5.98. The van der Waals surface area contributed by atoms with Crippen LogP contribution in [0.2, 0.25) is 5.02 Å². The average Bonchev–Trinajstić information content (AvgIpc) is 2.35. The molecule has 0 aliphatic rings. The van der Waals surface area contributed by atoms with Gasteiger partial charge < -0.3 is 11.1 Å². The molecule has 5 nitrogen and oxygen atoms in total. The van der Waals surface area contributed by atoms with Crippen LogP contribution in [-0.2, 0) is 4.79 Å². The number of pyridine rings is 1. The minimum absolute atomic E-state index is 0.0658. The van der Waals surface area contributed by atoms with E-state index in [1.807, 2.05) is 19.9 Å². The molecule has 0 fully saturated rings. The van der Waals surface area contributed by atoms with Crippen LogP contribution in [0.5, 0.6) is 0 Å². The molecule has 0 saturated heterocycles. The number of nitriles is 1. The Morgan fingerprint density at radius 1 is 1.72 bits per heavy atom. The van der Waals surface area contributed by atoms with E-state index in [-0.39, 0.29) is 5.92 Å². The normalized spacial score (nSPS) is 13.4. The SMILES string of the molecule is CCC(C)C(Nc1ncc(C#N)cc1Cl)C(N)=O. The van der Waals surface area contributed by atoms with Gasteiger partial charge in [-0.3, -0.25) is 4.79 Å². The Bertz CT molecular complexity index is 483. The lowest BCUT2D eigenvalue weighted by molar-refractivity contribution is -0.119. The monoisotopic (exact) mass is 266 g/mol. The van der Waals surface area contributed by atoms with E-state index in [0.29, 0.717) is 16.4 Å². The van der Waals surface area contributed by atoms with Crippen LogP contribution in [0, 0.1) is 17.2 Å². The molecular formula is C12H15ClN4O. The Morgan fingerprint density at radius 3 is 2.83 bits per heavy atom. The lowest BCUT2D eigenvalue weighted by atomic mass is 9.98. The fourth-order valence-electron chi connectivity index (χ4n) is 1.48. The van der Waals surface area contributed by atoms with Gasteiger partial charge in [-0.1, -0.05) is 31.9 Å². The lowest BCUT2D eigenvalue weighted by Gasteiger charge is -2.22. The number of amides is 1. The van der Waals surface area contributed by atoms with Crippen LogP contribution in [0.15, 0.2) is 12.3 Å². The number of aromatic nitrogens is 1. The van der Waals surface area contributed by atoms with Crippen molar-refractivity contribution in [3.8, 4) is 6.07 Å². The molecular weight excluding hydrogens is 252 g/mol. The molecule has 1 amide bonds. The average molecular weight is 267 g/mol. The highest BCUT2D eigenvalue weighted by Crippen LogP contribution is 2.22. The third-order valence-corrected chi connectivity index (χ3v) is 3.07. The van der Waals surface area contributed by atoms with Gasteiger partial charge >= 0.3 is 0 Å². The van der Waals surface area contributed by atoms with Crippen molar-refractivity contribution in [1.29, 1.82) is 5.26 Å². The van der Waals surface area contributed by atoms with Crippen molar-refractivity contribution < 1.29 is 4.79 Å². The quantitative estimate of drug-likeness (QED) is 0.852. The highest BCUT2D eigenvalue weighted by Gasteiger charge is 2.22. The third-order valence-electron chi connectivity index (χ3n) is 2.78. The molecule has 0 spiro atoms. The van der Waals surface area contributed by atoms with E-state index in [4.69, 9.17) is 22.6 Å². The summed E-state index contributed by atoms with van der Waals surface area (Å²) in [5.41, 5.74) is 5.71. The van der Waals surface area contributed by atoms with Gasteiger partial charge in [-0.2, -0.15) is 5.26 Å². The molecule has 0 aromatic carbocycles. The summed E-state index contributed by atoms with van der Waals surface area (Å²) in [7, 11) is 0. The van der Waals surface area contributed by atoms with E-state index in [0.717, 1.165) is 6.42 Å². The standard InChI is InChI=1S/C12H15ClN4O/c1-3-7(2)10(11(15)18)17-12-9(13)4-8(5-14)6-16-12/h4,6-7,10H,3H2,1-2H3,(H2,15,18)(H,16,17). The first-order valence-corrected chi connectivity index (χ1v) is 5.98. The molecule has 18 heavy (non-hydrogen) atoms. The number of primary amides is 1. The molecule has 0 saturated carbocycles. The molecule has 1 aromatic rings. The highest BCUT2D eigenvalue weighted by molar-refractivity contribution is 6.33. The largest absolute Gasteiger partial charge is 0.368 e. The number of nitrogens with one attached hydrogen (secondary N) is 1. The Labute approximate surface area is 111 Å². The van der Waals surface area contributed by atoms with Crippen molar-refractivity contribution in [3.63, 3.8) is 0 Å². The molecule has 0 bridgehead atoms. The summed E-state index contributed by atoms with van der Waals surface area (Å²) in [6, 6.07) is 2.90. The number of carbonyl (C=O) groups is 1. The molecule has 96 valence electrons. The van der Waals surface area contributed by atoms with Gasteiger partial charge in [0.25, 0.3) is 0 Å². The van der Waals surface area contributed by atoms with Gasteiger partial charge in [-0.05, 0) is 12.0 Å². The minimum atomic E-state index is -0.534. The van der Waals surface area contributed by atoms with Gasteiger partial charge in [0.05, 0.1) is 10.6 Å². The number of nitrogens with two attached hydrogens (primary N) is 1. The van der Waals surface area contributed by atoms with Crippen LogP contribution in [0.4, 0.5) is 5.82 Å². The van der Waals surface area contributed by atoms with Gasteiger partial charge in [-0.15, -0.1) is 0 Å². The maximum atomic E-state index is 11.4. The zero-order valence-electron chi connectivity index (χ0n) is 10.3. The number of anilines is 1. The smallest absolute Gasteiger partial charge is 0.240 e. The van der Waals surface area contributed by atoms with Crippen molar-refractivity contribution >= 4 is 23.3 Å². The first-order chi connectivity index (χ1) is 8.49. The van der Waals surface area contributed by atoms with Gasteiger partial charge in [0.1, 0.15) is 17.9 Å². The Balaban J connectivity index is 2.95. The lowest BCUT2D eigenvalue weighted by Crippen LogP contribution is -2.40. The minimum Gasteiger partial charge on any atom is -0.368 e. The number of carbonyl (C=O) groups excluding carboxylic acids is 1. The predicted octanol–water partition coefficient (Wildman–Crippen LogP) is 1.92. The zero-order valence-corrected chi connectivity index (χ0v) is 11.0. The molecule has 6 heteroatoms. The molecule has 3 N–H and O–H groups in total. The second kappa shape index (κ2) is 6.22. The highest BCUT2D eigenvalue weighted by atomic mass is 35.5. The predicted molar refractivity (Wildman–Crippen MR) is 70.0 cm³/mol. The maximum absolute atomic E-state index is 11.4. The second-order valence-electron chi connectivity index (χ2n) is 4.08. The number of halogens is 1. The van der Waals surface area contributed by atoms with E-state index in [2.05, 4.69) is 10.3 Å². The molecule has 1 rings (SSSR count). The summed E-state index contributed by atoms with van der Waals surface area (Å²) in [4.78, 5) is 15.4. The van der Waals surface area contributed by atoms with Crippen LogP contribution in [0.25, 0.3) is 0 Å². The van der Waals surface area contributed by atoms with Crippen LogP contribution in [-0.4, -0.2) is 16.9 Å². The van der Waals surface area contributed by atoms with Gasteiger partial charge in [0.2, 0.25) is 5.91 Å². The van der Waals surface area contributed by atoms with E-state index >= 15 is 0 Å². The van der Waals surface area contributed by atoms with Crippen molar-refractivity contribution in [3.05, 3.63) is 22.8 Å². The Kier molecular flexibility index (Phi) is 4.93. The molecule has 1 aromatic heterocycles. The second-order valence-corrected chi connectivity index (χ2v) is 4.48. The third kappa shape index (κ3) is 3.34. The number of hydrogen-bond donors (Lipinski definition) is 2. The summed E-state index contributed by atoms with van der Waals surface area (Å²) in [6.07, 6.45) is 2.19. The van der Waals surface area contributed by atoms with Crippen molar-refractivity contribution in [1.82, 2.24) is 4.98 Å². The molecule has 2 atom stereocenters. The fourth-order valence-corrected chi connectivity index (χ4v) is 1.70. The summed E-state index contributed by atoms with van der Waals surface area (Å²) in [5.74, 6) is -0.0256. The van der Waals surface area contributed by atoms with Crippen molar-refractivity contribution in [2.24, 2.45) is 11.7 Å². The van der Waals surface area contributed by atoms with Crippen molar-refractivity contribution in [2.45, 2.75) is 26.3 Å². The fraction of sp³-hybridized carbons (Fsp3) is 0.417. The van der Waals surface area contributed by atoms with Gasteiger partial charge in [0, 0.05) is 6.20 Å². The van der Waals surface area contributed by atoms with Crippen LogP contribution in [0.1, 0.15) is 25.8 Å². The molecule has 0 aliphatic heterocycles. The summed E-state index contributed by atoms with van der Waals surface area (Å²) < 4.78 is 0. The molecule has 0 radical (unpaired) electrons. The topological polar surface area (TPSA) is 91.8 Å². The number of rotatable bonds is 5. The Morgan fingerprint density at radius 2 is 2.39 bits per heavy atom. The Hall–Kier alpha value is -1.80. The van der Waals surface area contributed by atoms with Crippen LogP contribution < -0.4 is 11.1 Å². The molecule has 1 heterocycles. The first-order valence-electron chi connectivity index (χ1n) is 5.61. The van der Waals surface area contributed by atoms with Gasteiger partial charge in [0.15, 0.2) is 0 Å². The van der Waals surface area contributed by atoms with E-state index in [1.165, 1.54) is 12.3 Å². The van der Waals surface area contributed by atoms with Crippen LogP contribution in [0.3, 0.4) is 0 Å². The summed E-state index contributed by atoms with van der Waals surface area (Å²) in [6.45, 7) is 3.89. The van der Waals surface area contributed by atoms with E-state index in [9.17, 15) is 4.79 Å². The molecule has 0 aliphatic carbocycles. The van der Waals surface area contributed by atoms with Gasteiger partial charge in [-0.25, -0.2) is 4.98 Å². The van der Waals surface area contributed by atoms with E-state index < -0.39 is 11.9 Å². The molecule has 2 unspecified atom stereocenters. The zero-order chi connectivity index (χ0) is 13.7. The number of hydrogen-bond acceptors (Lipinski definition) is 4. The van der Waals surface area contributed by atoms with Crippen molar-refractivity contribution in [2.75, 3.05) is 5.32 Å². The van der Waals surface area contributed by atoms with E-state index in [1.54, 1.807) is 0 Å². The summed E-state index contributed by atoms with van der Waals surface area (Å²) in [5, 5.41) is 11.9. The maximum Gasteiger partial charge on any atom is 0.240 e. The number of nitrogens with zero attached hydrogens (tertiary/aromatic N) is 2.